The molecule has 0 radical (unpaired) electrons. The Morgan fingerprint density at radius 3 is 2.81 bits per heavy atom. The Bertz CT molecular complexity index is 1050. The molecule has 0 unspecified atom stereocenters. The number of furan rings is 1. The summed E-state index contributed by atoms with van der Waals surface area (Å²) in [5.74, 6) is 0.642. The van der Waals surface area contributed by atoms with Gasteiger partial charge >= 0.3 is 5.97 Å². The van der Waals surface area contributed by atoms with E-state index in [4.69, 9.17) is 14.9 Å². The number of amides is 1. The number of hydrogen-bond acceptors (Lipinski definition) is 7. The molecule has 0 saturated heterocycles. The van der Waals surface area contributed by atoms with Gasteiger partial charge < -0.3 is 25.5 Å². The Morgan fingerprint density at radius 2 is 2.10 bits per heavy atom. The number of anilines is 1. The van der Waals surface area contributed by atoms with Crippen molar-refractivity contribution in [1.29, 1.82) is 0 Å². The molecule has 0 atom stereocenters. The Balaban J connectivity index is 1.58. The lowest BCUT2D eigenvalue weighted by atomic mass is 9.91. The summed E-state index contributed by atoms with van der Waals surface area (Å²) < 4.78 is 12.3. The third kappa shape index (κ3) is 4.72. The van der Waals surface area contributed by atoms with Crippen LogP contribution in [0.5, 0.6) is 0 Å². The molecule has 1 amide bonds. The van der Waals surface area contributed by atoms with Gasteiger partial charge in [-0.1, -0.05) is 0 Å². The van der Waals surface area contributed by atoms with E-state index in [-0.39, 0.29) is 30.5 Å². The molecule has 3 aromatic heterocycles. The molecule has 31 heavy (non-hydrogen) atoms. The normalized spacial score (nSPS) is 18.6. The van der Waals surface area contributed by atoms with E-state index in [9.17, 15) is 9.59 Å². The van der Waals surface area contributed by atoms with Crippen molar-refractivity contribution in [3.8, 4) is 11.5 Å². The molecular formula is C22H27N5O4. The lowest BCUT2D eigenvalue weighted by molar-refractivity contribution is -0.140. The number of pyridine rings is 1. The van der Waals surface area contributed by atoms with E-state index < -0.39 is 0 Å². The summed E-state index contributed by atoms with van der Waals surface area (Å²) in [6.45, 7) is 2.06. The highest BCUT2D eigenvalue weighted by atomic mass is 16.5. The zero-order valence-electron chi connectivity index (χ0n) is 17.5. The van der Waals surface area contributed by atoms with Crippen molar-refractivity contribution in [2.24, 2.45) is 5.73 Å². The largest absolute Gasteiger partial charge is 0.465 e. The highest BCUT2D eigenvalue weighted by Gasteiger charge is 2.22. The van der Waals surface area contributed by atoms with Gasteiger partial charge in [-0.15, -0.1) is 0 Å². The van der Waals surface area contributed by atoms with Gasteiger partial charge in [0.2, 0.25) is 0 Å². The van der Waals surface area contributed by atoms with Crippen molar-refractivity contribution in [2.75, 3.05) is 18.5 Å². The Kier molecular flexibility index (Phi) is 6.22. The molecule has 3 heterocycles. The number of esters is 1. The van der Waals surface area contributed by atoms with Crippen molar-refractivity contribution in [2.45, 2.75) is 44.7 Å². The minimum absolute atomic E-state index is 0.0125. The van der Waals surface area contributed by atoms with Crippen LogP contribution >= 0.6 is 0 Å². The van der Waals surface area contributed by atoms with Crippen molar-refractivity contribution in [3.63, 3.8) is 0 Å². The lowest BCUT2D eigenvalue weighted by Crippen LogP contribution is -2.40. The maximum absolute atomic E-state index is 12.8. The second-order valence-electron chi connectivity index (χ2n) is 7.67. The highest BCUT2D eigenvalue weighted by molar-refractivity contribution is 5.95. The third-order valence-electron chi connectivity index (χ3n) is 5.46. The number of aromatic nitrogens is 2. The Morgan fingerprint density at radius 1 is 1.29 bits per heavy atom. The summed E-state index contributed by atoms with van der Waals surface area (Å²) in [5.41, 5.74) is 7.59. The lowest BCUT2D eigenvalue weighted by Gasteiger charge is -2.26. The molecule has 1 saturated carbocycles. The van der Waals surface area contributed by atoms with Crippen LogP contribution in [0.1, 0.15) is 43.0 Å². The molecule has 0 spiro atoms. The molecule has 1 fully saturated rings. The summed E-state index contributed by atoms with van der Waals surface area (Å²) in [6.07, 6.45) is 6.95. The number of rotatable bonds is 7. The van der Waals surface area contributed by atoms with E-state index in [0.29, 0.717) is 35.1 Å². The average molecular weight is 425 g/mol. The van der Waals surface area contributed by atoms with Crippen molar-refractivity contribution >= 4 is 23.3 Å². The Hall–Kier alpha value is -3.33. The standard InChI is InChI=1S/C22H27N5O4/c1-2-30-19(28)13-24-21-20(17-4-3-11-31-17)26-18-12-14(9-10-27(18)21)22(29)25-16-7-5-15(23)6-8-16/h3-4,9-12,15-16,24H,2,5-8,13,23H2,1H3,(H,25,29). The summed E-state index contributed by atoms with van der Waals surface area (Å²) in [6, 6.07) is 7.40. The van der Waals surface area contributed by atoms with Crippen LogP contribution in [-0.2, 0) is 9.53 Å². The number of nitrogens with zero attached hydrogens (tertiary/aromatic N) is 2. The van der Waals surface area contributed by atoms with E-state index in [0.717, 1.165) is 25.7 Å². The monoisotopic (exact) mass is 425 g/mol. The first-order chi connectivity index (χ1) is 15.0. The fourth-order valence-electron chi connectivity index (χ4n) is 3.84. The predicted octanol–water partition coefficient (Wildman–Crippen LogP) is 2.57. The molecule has 1 aliphatic rings. The Labute approximate surface area is 180 Å². The molecule has 0 aliphatic heterocycles. The molecule has 1 aliphatic carbocycles. The summed E-state index contributed by atoms with van der Waals surface area (Å²) in [4.78, 5) is 29.2. The van der Waals surface area contributed by atoms with Crippen LogP contribution in [0.2, 0.25) is 0 Å². The molecule has 3 aromatic rings. The first kappa shape index (κ1) is 20.9. The molecule has 9 nitrogen and oxygen atoms in total. The minimum atomic E-state index is -0.369. The summed E-state index contributed by atoms with van der Waals surface area (Å²) in [5, 5.41) is 6.18. The molecule has 0 aromatic carbocycles. The molecule has 9 heteroatoms. The van der Waals surface area contributed by atoms with Gasteiger partial charge in [0.25, 0.3) is 5.91 Å². The van der Waals surface area contributed by atoms with Gasteiger partial charge in [0.15, 0.2) is 5.76 Å². The predicted molar refractivity (Wildman–Crippen MR) is 116 cm³/mol. The van der Waals surface area contributed by atoms with Crippen molar-refractivity contribution in [1.82, 2.24) is 14.7 Å². The van der Waals surface area contributed by atoms with Crippen LogP contribution in [0, 0.1) is 0 Å². The van der Waals surface area contributed by atoms with Crippen LogP contribution in [0.3, 0.4) is 0 Å². The van der Waals surface area contributed by atoms with Gasteiger partial charge in [-0.2, -0.15) is 0 Å². The second-order valence-corrected chi connectivity index (χ2v) is 7.67. The van der Waals surface area contributed by atoms with E-state index in [1.165, 1.54) is 0 Å². The maximum atomic E-state index is 12.8. The first-order valence-electron chi connectivity index (χ1n) is 10.6. The zero-order chi connectivity index (χ0) is 21.8. The molecule has 0 bridgehead atoms. The van der Waals surface area contributed by atoms with E-state index in [2.05, 4.69) is 15.6 Å². The fraction of sp³-hybridized carbons (Fsp3) is 0.409. The zero-order valence-corrected chi connectivity index (χ0v) is 17.5. The number of imidazole rings is 1. The number of fused-ring (bicyclic) bond motifs is 1. The van der Waals surface area contributed by atoms with Crippen molar-refractivity contribution in [3.05, 3.63) is 42.3 Å². The fourth-order valence-corrected chi connectivity index (χ4v) is 3.84. The molecule has 4 rings (SSSR count). The van der Waals surface area contributed by atoms with E-state index >= 15 is 0 Å². The number of hydrogen-bond donors (Lipinski definition) is 3. The van der Waals surface area contributed by atoms with Gasteiger partial charge in [-0.25, -0.2) is 4.98 Å². The quantitative estimate of drug-likeness (QED) is 0.497. The van der Waals surface area contributed by atoms with Crippen LogP contribution in [0.15, 0.2) is 41.1 Å². The number of ether oxygens (including phenoxy) is 1. The average Bonchev–Trinajstić information content (AvgIpc) is 3.41. The number of nitrogens with one attached hydrogen (secondary N) is 2. The van der Waals surface area contributed by atoms with Gasteiger partial charge in [0.1, 0.15) is 23.7 Å². The second kappa shape index (κ2) is 9.22. The topological polar surface area (TPSA) is 124 Å². The third-order valence-corrected chi connectivity index (χ3v) is 5.46. The highest BCUT2D eigenvalue weighted by Crippen LogP contribution is 2.29. The van der Waals surface area contributed by atoms with Gasteiger partial charge in [-0.3, -0.25) is 14.0 Å². The summed E-state index contributed by atoms with van der Waals surface area (Å²) >= 11 is 0. The van der Waals surface area contributed by atoms with E-state index in [1.807, 2.05) is 0 Å². The smallest absolute Gasteiger partial charge is 0.325 e. The molecule has 4 N–H and O–H groups in total. The van der Waals surface area contributed by atoms with Gasteiger partial charge in [-0.05, 0) is 56.9 Å². The number of carbonyl (C=O) groups excluding carboxylic acids is 2. The van der Waals surface area contributed by atoms with Crippen molar-refractivity contribution < 1.29 is 18.7 Å². The van der Waals surface area contributed by atoms with Gasteiger partial charge in [0.05, 0.1) is 12.9 Å². The van der Waals surface area contributed by atoms with Gasteiger partial charge in [0, 0.05) is 23.8 Å². The van der Waals surface area contributed by atoms with E-state index in [1.54, 1.807) is 48.0 Å². The first-order valence-corrected chi connectivity index (χ1v) is 10.6. The number of carbonyl (C=O) groups is 2. The van der Waals surface area contributed by atoms with Crippen LogP contribution in [0.4, 0.5) is 5.82 Å². The maximum Gasteiger partial charge on any atom is 0.325 e. The number of nitrogens with two attached hydrogens (primary N) is 1. The molecular weight excluding hydrogens is 398 g/mol. The SMILES string of the molecule is CCOC(=O)CNc1c(-c2ccco2)nc2cc(C(=O)NC3CCC(N)CC3)ccn12. The van der Waals surface area contributed by atoms with Crippen LogP contribution in [-0.4, -0.2) is 46.5 Å². The summed E-state index contributed by atoms with van der Waals surface area (Å²) in [7, 11) is 0. The molecule has 164 valence electrons. The van der Waals surface area contributed by atoms with Crippen LogP contribution in [0.25, 0.3) is 17.1 Å². The van der Waals surface area contributed by atoms with Crippen LogP contribution < -0.4 is 16.4 Å². The minimum Gasteiger partial charge on any atom is -0.465 e.